The molecule has 0 bridgehead atoms. The summed E-state index contributed by atoms with van der Waals surface area (Å²) < 4.78 is 0. The summed E-state index contributed by atoms with van der Waals surface area (Å²) in [5.74, 6) is 0.716. The molecule has 0 aromatic heterocycles. The van der Waals surface area contributed by atoms with Gasteiger partial charge in [0.05, 0.1) is 10.9 Å². The summed E-state index contributed by atoms with van der Waals surface area (Å²) in [6.45, 7) is 4.28. The zero-order chi connectivity index (χ0) is 12.6. The molecule has 0 aliphatic carbocycles. The first kappa shape index (κ1) is 12.3. The van der Waals surface area contributed by atoms with Gasteiger partial charge in [-0.3, -0.25) is 4.79 Å². The van der Waals surface area contributed by atoms with E-state index in [9.17, 15) is 4.79 Å². The van der Waals surface area contributed by atoms with Gasteiger partial charge in [-0.25, -0.2) is 0 Å². The predicted octanol–water partition coefficient (Wildman–Crippen LogP) is 2.75. The second-order valence-corrected chi connectivity index (χ2v) is 6.11. The van der Waals surface area contributed by atoms with Crippen LogP contribution in [0.25, 0.3) is 0 Å². The largest absolute Gasteiger partial charge is 0.399 e. The lowest BCUT2D eigenvalue weighted by atomic mass is 10.1. The Morgan fingerprint density at radius 1 is 1.47 bits per heavy atom. The van der Waals surface area contributed by atoms with Crippen molar-refractivity contribution >= 4 is 29.0 Å². The van der Waals surface area contributed by atoms with Gasteiger partial charge in [-0.15, -0.1) is 11.8 Å². The Balaban J connectivity index is 2.32. The summed E-state index contributed by atoms with van der Waals surface area (Å²) in [7, 11) is 1.84. The van der Waals surface area contributed by atoms with E-state index in [0.29, 0.717) is 5.92 Å². The van der Waals surface area contributed by atoms with Gasteiger partial charge in [0, 0.05) is 17.6 Å². The lowest BCUT2D eigenvalue weighted by molar-refractivity contribution is -0.118. The Morgan fingerprint density at radius 3 is 2.82 bits per heavy atom. The Kier molecular flexibility index (Phi) is 3.33. The van der Waals surface area contributed by atoms with E-state index in [1.807, 2.05) is 25.2 Å². The van der Waals surface area contributed by atoms with Crippen molar-refractivity contribution in [1.29, 1.82) is 0 Å². The number of carbonyl (C=O) groups is 1. The average molecular weight is 250 g/mol. The van der Waals surface area contributed by atoms with Crippen molar-refractivity contribution in [2.45, 2.75) is 30.4 Å². The quantitative estimate of drug-likeness (QED) is 0.821. The van der Waals surface area contributed by atoms with Gasteiger partial charge in [0.25, 0.3) is 0 Å². The van der Waals surface area contributed by atoms with E-state index in [1.165, 1.54) is 0 Å². The molecule has 1 aromatic rings. The van der Waals surface area contributed by atoms with E-state index in [2.05, 4.69) is 13.8 Å². The van der Waals surface area contributed by atoms with Crippen LogP contribution in [0.3, 0.4) is 0 Å². The molecule has 0 radical (unpaired) electrons. The topological polar surface area (TPSA) is 46.3 Å². The van der Waals surface area contributed by atoms with Crippen molar-refractivity contribution in [3.63, 3.8) is 0 Å². The number of hydrogen-bond acceptors (Lipinski definition) is 3. The number of fused-ring (bicyclic) bond motifs is 1. The number of nitrogens with two attached hydrogens (primary N) is 1. The third-order valence-corrected chi connectivity index (χ3v) is 4.17. The average Bonchev–Trinajstić information content (AvgIpc) is 2.24. The molecule has 1 heterocycles. The fourth-order valence-electron chi connectivity index (χ4n) is 2.02. The zero-order valence-electron chi connectivity index (χ0n) is 10.4. The summed E-state index contributed by atoms with van der Waals surface area (Å²) >= 11 is 1.64. The fraction of sp³-hybridized carbons (Fsp3) is 0.462. The van der Waals surface area contributed by atoms with Crippen molar-refractivity contribution in [2.24, 2.45) is 5.92 Å². The smallest absolute Gasteiger partial charge is 0.240 e. The molecule has 0 saturated carbocycles. The lowest BCUT2D eigenvalue weighted by Gasteiger charge is -2.31. The monoisotopic (exact) mass is 250 g/mol. The van der Waals surface area contributed by atoms with Crippen LogP contribution in [0.1, 0.15) is 20.3 Å². The fourth-order valence-corrected chi connectivity index (χ4v) is 3.59. The van der Waals surface area contributed by atoms with Crippen molar-refractivity contribution < 1.29 is 4.79 Å². The molecule has 1 amide bonds. The Labute approximate surface area is 106 Å². The molecule has 2 rings (SSSR count). The Bertz CT molecular complexity index is 445. The first-order valence-electron chi connectivity index (χ1n) is 5.82. The van der Waals surface area contributed by atoms with Gasteiger partial charge >= 0.3 is 0 Å². The van der Waals surface area contributed by atoms with Crippen LogP contribution in [0.15, 0.2) is 23.1 Å². The third kappa shape index (κ3) is 2.41. The second kappa shape index (κ2) is 4.61. The molecule has 1 atom stereocenters. The van der Waals surface area contributed by atoms with Gasteiger partial charge in [0.2, 0.25) is 5.91 Å². The van der Waals surface area contributed by atoms with Crippen LogP contribution in [-0.4, -0.2) is 18.2 Å². The molecule has 92 valence electrons. The van der Waals surface area contributed by atoms with Crippen LogP contribution in [0.5, 0.6) is 0 Å². The number of nitrogens with zero attached hydrogens (tertiary/aromatic N) is 1. The van der Waals surface area contributed by atoms with E-state index in [4.69, 9.17) is 5.73 Å². The molecule has 0 spiro atoms. The molecule has 1 aliphatic heterocycles. The molecular weight excluding hydrogens is 232 g/mol. The molecule has 17 heavy (non-hydrogen) atoms. The van der Waals surface area contributed by atoms with Gasteiger partial charge in [0.15, 0.2) is 0 Å². The molecule has 1 unspecified atom stereocenters. The van der Waals surface area contributed by atoms with Crippen LogP contribution in [0.2, 0.25) is 0 Å². The predicted molar refractivity (Wildman–Crippen MR) is 73.4 cm³/mol. The normalized spacial score (nSPS) is 19.6. The lowest BCUT2D eigenvalue weighted by Crippen LogP contribution is -2.38. The van der Waals surface area contributed by atoms with Gasteiger partial charge in [0.1, 0.15) is 0 Å². The Hall–Kier alpha value is -1.16. The first-order valence-corrected chi connectivity index (χ1v) is 6.70. The first-order chi connectivity index (χ1) is 7.99. The summed E-state index contributed by atoms with van der Waals surface area (Å²) in [5, 5.41) is 0.0225. The number of thioether (sulfide) groups is 1. The van der Waals surface area contributed by atoms with E-state index in [0.717, 1.165) is 22.7 Å². The standard InChI is InChI=1S/C13H18N2OS/c1-8(2)6-12-13(16)15(3)10-5-4-9(14)7-11(10)17-12/h4-5,7-8,12H,6,14H2,1-3H3. The number of carbonyl (C=O) groups excluding carboxylic acids is 1. The van der Waals surface area contributed by atoms with Crippen molar-refractivity contribution in [3.8, 4) is 0 Å². The Morgan fingerprint density at radius 2 is 2.18 bits per heavy atom. The highest BCUT2D eigenvalue weighted by molar-refractivity contribution is 8.01. The van der Waals surface area contributed by atoms with E-state index in [1.54, 1.807) is 16.7 Å². The van der Waals surface area contributed by atoms with Crippen molar-refractivity contribution in [3.05, 3.63) is 18.2 Å². The van der Waals surface area contributed by atoms with Crippen LogP contribution >= 0.6 is 11.8 Å². The number of benzene rings is 1. The van der Waals surface area contributed by atoms with E-state index in [-0.39, 0.29) is 11.2 Å². The highest BCUT2D eigenvalue weighted by Crippen LogP contribution is 2.41. The van der Waals surface area contributed by atoms with Crippen LogP contribution in [-0.2, 0) is 4.79 Å². The summed E-state index contributed by atoms with van der Waals surface area (Å²) in [6, 6.07) is 5.71. The van der Waals surface area contributed by atoms with E-state index < -0.39 is 0 Å². The van der Waals surface area contributed by atoms with Crippen LogP contribution in [0.4, 0.5) is 11.4 Å². The zero-order valence-corrected chi connectivity index (χ0v) is 11.3. The molecule has 0 saturated heterocycles. The molecule has 4 heteroatoms. The minimum atomic E-state index is 0.0225. The summed E-state index contributed by atoms with van der Waals surface area (Å²) in [6.07, 6.45) is 0.905. The highest BCUT2D eigenvalue weighted by Gasteiger charge is 2.31. The summed E-state index contributed by atoms with van der Waals surface area (Å²) in [5.41, 5.74) is 7.51. The maximum absolute atomic E-state index is 12.2. The van der Waals surface area contributed by atoms with E-state index >= 15 is 0 Å². The maximum atomic E-state index is 12.2. The summed E-state index contributed by atoms with van der Waals surface area (Å²) in [4.78, 5) is 15.0. The van der Waals surface area contributed by atoms with Crippen molar-refractivity contribution in [2.75, 3.05) is 17.7 Å². The van der Waals surface area contributed by atoms with Gasteiger partial charge < -0.3 is 10.6 Å². The van der Waals surface area contributed by atoms with Gasteiger partial charge in [-0.1, -0.05) is 13.8 Å². The molecule has 0 fully saturated rings. The van der Waals surface area contributed by atoms with Gasteiger partial charge in [-0.2, -0.15) is 0 Å². The molecular formula is C13H18N2OS. The minimum absolute atomic E-state index is 0.0225. The van der Waals surface area contributed by atoms with Crippen LogP contribution in [0, 0.1) is 5.92 Å². The number of nitrogen functional groups attached to an aromatic ring is 1. The van der Waals surface area contributed by atoms with Crippen LogP contribution < -0.4 is 10.6 Å². The SMILES string of the molecule is CC(C)CC1Sc2cc(N)ccc2N(C)C1=O. The number of amides is 1. The molecule has 1 aromatic carbocycles. The maximum Gasteiger partial charge on any atom is 0.240 e. The number of rotatable bonds is 2. The number of anilines is 2. The molecule has 3 nitrogen and oxygen atoms in total. The van der Waals surface area contributed by atoms with Crippen molar-refractivity contribution in [1.82, 2.24) is 0 Å². The van der Waals surface area contributed by atoms with Gasteiger partial charge in [-0.05, 0) is 30.5 Å². The second-order valence-electron chi connectivity index (χ2n) is 4.86. The third-order valence-electron chi connectivity index (χ3n) is 2.91. The minimum Gasteiger partial charge on any atom is -0.399 e. The number of hydrogen-bond donors (Lipinski definition) is 1. The molecule has 1 aliphatic rings. The highest BCUT2D eigenvalue weighted by atomic mass is 32.2. The molecule has 2 N–H and O–H groups in total.